The molecule has 0 saturated carbocycles. The molecule has 2 rings (SSSR count). The molecule has 0 saturated heterocycles. The molecule has 0 radical (unpaired) electrons. The summed E-state index contributed by atoms with van der Waals surface area (Å²) in [5, 5.41) is 14.0. The van der Waals surface area contributed by atoms with E-state index in [9.17, 15) is 0 Å². The van der Waals surface area contributed by atoms with Crippen molar-refractivity contribution >= 4 is 11.7 Å². The number of hydrazone groups is 1. The van der Waals surface area contributed by atoms with E-state index in [0.717, 1.165) is 17.9 Å². The lowest BCUT2D eigenvalue weighted by Gasteiger charge is -2.17. The summed E-state index contributed by atoms with van der Waals surface area (Å²) in [4.78, 5) is 0. The number of aryl methyl sites for hydroxylation is 1. The Balaban J connectivity index is 2.27. The molecule has 1 unspecified atom stereocenters. The van der Waals surface area contributed by atoms with Crippen LogP contribution < -0.4 is 10.7 Å². The van der Waals surface area contributed by atoms with Gasteiger partial charge in [-0.15, -0.1) is 5.10 Å². The van der Waals surface area contributed by atoms with E-state index in [1.54, 1.807) is 0 Å². The molecule has 0 aliphatic carbocycles. The van der Waals surface area contributed by atoms with E-state index in [-0.39, 0.29) is 6.04 Å². The average molecular weight is 191 g/mol. The molecule has 74 valence electrons. The highest BCUT2D eigenvalue weighted by Crippen LogP contribution is 2.20. The van der Waals surface area contributed by atoms with Gasteiger partial charge in [-0.25, -0.2) is 5.01 Å². The van der Waals surface area contributed by atoms with Crippen LogP contribution in [0.5, 0.6) is 0 Å². The van der Waals surface area contributed by atoms with E-state index in [4.69, 9.17) is 5.73 Å². The van der Waals surface area contributed by atoms with Crippen LogP contribution in [0.1, 0.15) is 19.0 Å². The Kier molecular flexibility index (Phi) is 2.07. The maximum atomic E-state index is 5.64. The summed E-state index contributed by atoms with van der Waals surface area (Å²) in [6, 6.07) is 4.09. The predicted molar refractivity (Wildman–Crippen MR) is 54.9 cm³/mol. The number of amidine groups is 1. The molecule has 1 aliphatic heterocycles. The van der Waals surface area contributed by atoms with Gasteiger partial charge < -0.3 is 5.73 Å². The maximum absolute atomic E-state index is 5.64. The van der Waals surface area contributed by atoms with Crippen LogP contribution in [-0.4, -0.2) is 22.1 Å². The predicted octanol–water partition coefficient (Wildman–Crippen LogP) is 0.656. The second-order valence-electron chi connectivity index (χ2n) is 3.52. The Labute approximate surface area is 82.6 Å². The van der Waals surface area contributed by atoms with Gasteiger partial charge in [-0.1, -0.05) is 0 Å². The van der Waals surface area contributed by atoms with Gasteiger partial charge >= 0.3 is 0 Å². The van der Waals surface area contributed by atoms with Crippen molar-refractivity contribution in [3.05, 3.63) is 17.8 Å². The summed E-state index contributed by atoms with van der Waals surface area (Å²) in [7, 11) is 0. The molecule has 5 nitrogen and oxygen atoms in total. The van der Waals surface area contributed by atoms with E-state index in [1.165, 1.54) is 0 Å². The van der Waals surface area contributed by atoms with E-state index in [2.05, 4.69) is 22.2 Å². The second-order valence-corrected chi connectivity index (χ2v) is 3.52. The number of rotatable bonds is 1. The lowest BCUT2D eigenvalue weighted by molar-refractivity contribution is 0.704. The second kappa shape index (κ2) is 3.25. The summed E-state index contributed by atoms with van der Waals surface area (Å²) < 4.78 is 0. The van der Waals surface area contributed by atoms with Crippen molar-refractivity contribution in [2.75, 3.05) is 5.01 Å². The summed E-state index contributed by atoms with van der Waals surface area (Å²) in [6.45, 7) is 3.96. The molecule has 14 heavy (non-hydrogen) atoms. The van der Waals surface area contributed by atoms with E-state index < -0.39 is 0 Å². The topological polar surface area (TPSA) is 67.4 Å². The zero-order chi connectivity index (χ0) is 10.1. The van der Waals surface area contributed by atoms with Gasteiger partial charge in [0.1, 0.15) is 5.84 Å². The molecule has 0 amide bonds. The van der Waals surface area contributed by atoms with Crippen molar-refractivity contribution in [1.82, 2.24) is 10.2 Å². The highest BCUT2D eigenvalue weighted by Gasteiger charge is 2.23. The minimum Gasteiger partial charge on any atom is -0.386 e. The summed E-state index contributed by atoms with van der Waals surface area (Å²) in [5.74, 6) is 1.41. The van der Waals surface area contributed by atoms with Crippen LogP contribution >= 0.6 is 0 Å². The van der Waals surface area contributed by atoms with Crippen molar-refractivity contribution in [1.29, 1.82) is 0 Å². The molecule has 5 heteroatoms. The summed E-state index contributed by atoms with van der Waals surface area (Å²) in [5.41, 5.74) is 6.54. The molecule has 1 atom stereocenters. The molecule has 1 aliphatic rings. The Morgan fingerprint density at radius 2 is 2.21 bits per heavy atom. The van der Waals surface area contributed by atoms with Crippen LogP contribution in [0.4, 0.5) is 5.82 Å². The Morgan fingerprint density at radius 1 is 1.43 bits per heavy atom. The number of hydrogen-bond acceptors (Lipinski definition) is 5. The Hall–Kier alpha value is -1.65. The Morgan fingerprint density at radius 3 is 2.71 bits per heavy atom. The number of aromatic nitrogens is 2. The normalized spacial score (nSPS) is 21.1. The highest BCUT2D eigenvalue weighted by atomic mass is 15.5. The molecule has 0 fully saturated rings. The van der Waals surface area contributed by atoms with Gasteiger partial charge in [0.15, 0.2) is 5.82 Å². The van der Waals surface area contributed by atoms with Gasteiger partial charge in [0.05, 0.1) is 11.7 Å². The van der Waals surface area contributed by atoms with Crippen molar-refractivity contribution < 1.29 is 0 Å². The van der Waals surface area contributed by atoms with Crippen molar-refractivity contribution in [3.63, 3.8) is 0 Å². The fourth-order valence-corrected chi connectivity index (χ4v) is 1.46. The van der Waals surface area contributed by atoms with E-state index in [0.29, 0.717) is 5.84 Å². The zero-order valence-corrected chi connectivity index (χ0v) is 8.31. The lowest BCUT2D eigenvalue weighted by Crippen LogP contribution is -2.24. The van der Waals surface area contributed by atoms with Gasteiger partial charge in [0, 0.05) is 6.42 Å². The average Bonchev–Trinajstić information content (AvgIpc) is 2.47. The first kappa shape index (κ1) is 8.93. The third kappa shape index (κ3) is 1.53. The van der Waals surface area contributed by atoms with Crippen LogP contribution in [0.2, 0.25) is 0 Å². The third-order valence-electron chi connectivity index (χ3n) is 2.18. The van der Waals surface area contributed by atoms with Gasteiger partial charge in [-0.3, -0.25) is 0 Å². The third-order valence-corrected chi connectivity index (χ3v) is 2.18. The summed E-state index contributed by atoms with van der Waals surface area (Å²) in [6.07, 6.45) is 0.787. The molecular weight excluding hydrogens is 178 g/mol. The van der Waals surface area contributed by atoms with Crippen LogP contribution in [0.25, 0.3) is 0 Å². The fourth-order valence-electron chi connectivity index (χ4n) is 1.46. The van der Waals surface area contributed by atoms with E-state index >= 15 is 0 Å². The van der Waals surface area contributed by atoms with Gasteiger partial charge in [-0.2, -0.15) is 10.2 Å². The molecular formula is C9H13N5. The standard InChI is InChI=1S/C9H13N5/c1-6-3-4-9(12-11-6)14-7(2)5-8(10)13-14/h3-4,7H,5H2,1-2H3,(H2,10,13). The SMILES string of the molecule is Cc1ccc(N2N=C(N)CC2C)nn1. The molecule has 1 aromatic heterocycles. The van der Waals surface area contributed by atoms with Crippen LogP contribution in [0.15, 0.2) is 17.2 Å². The largest absolute Gasteiger partial charge is 0.386 e. The molecule has 1 aromatic rings. The van der Waals surface area contributed by atoms with Crippen LogP contribution in [0.3, 0.4) is 0 Å². The number of nitrogens with zero attached hydrogens (tertiary/aromatic N) is 4. The monoisotopic (exact) mass is 191 g/mol. The molecule has 2 heterocycles. The van der Waals surface area contributed by atoms with Crippen molar-refractivity contribution in [3.8, 4) is 0 Å². The first-order chi connectivity index (χ1) is 6.66. The highest BCUT2D eigenvalue weighted by molar-refractivity contribution is 5.84. The maximum Gasteiger partial charge on any atom is 0.171 e. The smallest absolute Gasteiger partial charge is 0.171 e. The molecule has 2 N–H and O–H groups in total. The molecule has 0 spiro atoms. The van der Waals surface area contributed by atoms with Crippen molar-refractivity contribution in [2.45, 2.75) is 26.3 Å². The molecule has 0 aromatic carbocycles. The lowest BCUT2D eigenvalue weighted by atomic mass is 10.2. The number of anilines is 1. The fraction of sp³-hybridized carbons (Fsp3) is 0.444. The minimum atomic E-state index is 0.270. The first-order valence-electron chi connectivity index (χ1n) is 4.59. The number of nitrogens with two attached hydrogens (primary N) is 1. The van der Waals surface area contributed by atoms with E-state index in [1.807, 2.05) is 24.1 Å². The zero-order valence-electron chi connectivity index (χ0n) is 8.31. The van der Waals surface area contributed by atoms with Crippen molar-refractivity contribution in [2.24, 2.45) is 10.8 Å². The Bertz CT molecular complexity index is 356. The number of hydrogen-bond donors (Lipinski definition) is 1. The van der Waals surface area contributed by atoms with Gasteiger partial charge in [-0.05, 0) is 26.0 Å². The van der Waals surface area contributed by atoms with Crippen LogP contribution in [0, 0.1) is 6.92 Å². The quantitative estimate of drug-likeness (QED) is 0.708. The van der Waals surface area contributed by atoms with Gasteiger partial charge in [0.25, 0.3) is 0 Å². The van der Waals surface area contributed by atoms with Crippen LogP contribution in [-0.2, 0) is 0 Å². The first-order valence-corrected chi connectivity index (χ1v) is 4.59. The van der Waals surface area contributed by atoms with Gasteiger partial charge in [0.2, 0.25) is 0 Å². The minimum absolute atomic E-state index is 0.270. The molecule has 0 bridgehead atoms. The summed E-state index contributed by atoms with van der Waals surface area (Å²) >= 11 is 0.